The first kappa shape index (κ1) is 32.9. The molecule has 0 saturated carbocycles. The number of aryl methyl sites for hydroxylation is 1. The molecule has 0 radical (unpaired) electrons. The van der Waals surface area contributed by atoms with Gasteiger partial charge in [0, 0.05) is 24.3 Å². The number of methoxy groups -OCH3 is 1. The Bertz CT molecular complexity index is 1460. The van der Waals surface area contributed by atoms with Gasteiger partial charge in [-0.15, -0.1) is 0 Å². The predicted octanol–water partition coefficient (Wildman–Crippen LogP) is 2.48. The monoisotopic (exact) mass is 574 g/mol. The van der Waals surface area contributed by atoms with Crippen LogP contribution in [-0.2, 0) is 17.9 Å². The minimum absolute atomic E-state index is 0. The number of carbonyl (C=O) groups is 2. The number of thioether (sulfide) groups is 1. The van der Waals surface area contributed by atoms with Crippen LogP contribution in [0.15, 0.2) is 97.1 Å². The molecule has 0 spiro atoms. The van der Waals surface area contributed by atoms with Gasteiger partial charge in [0.05, 0.1) is 19.1 Å². The zero-order chi connectivity index (χ0) is 29.2. The Hall–Kier alpha value is -3.63. The molecule has 0 unspecified atom stereocenters. The number of anilines is 1. The van der Waals surface area contributed by atoms with E-state index in [0.717, 1.165) is 39.3 Å². The average molecular weight is 575 g/mol. The number of nitrogens with one attached hydrogen (secondary N) is 1. The van der Waals surface area contributed by atoms with Crippen LogP contribution in [0.2, 0.25) is 0 Å². The SMILES string of the molecule is COc1ccc(CN(Cc2ccc(C(=O)N[C@@H](CCSC)C(=O)[O-])c(-c3ccccc3C)c2)c2ccccc2)cc1.[Li+]. The molecule has 0 fully saturated rings. The molecule has 8 heteroatoms. The Kier molecular flexibility index (Phi) is 12.6. The fraction of sp³-hybridized carbons (Fsp3) is 0.235. The van der Waals surface area contributed by atoms with Crippen molar-refractivity contribution in [1.82, 2.24) is 5.32 Å². The van der Waals surface area contributed by atoms with E-state index in [1.165, 1.54) is 11.8 Å². The van der Waals surface area contributed by atoms with Gasteiger partial charge in [0.25, 0.3) is 5.91 Å². The molecule has 42 heavy (non-hydrogen) atoms. The topological polar surface area (TPSA) is 81.7 Å². The Balaban J connectivity index is 0.00000484. The number of para-hydroxylation sites is 1. The number of ether oxygens (including phenoxy) is 1. The van der Waals surface area contributed by atoms with Crippen molar-refractivity contribution < 1.29 is 38.3 Å². The maximum atomic E-state index is 13.4. The third-order valence-electron chi connectivity index (χ3n) is 6.99. The molecule has 4 aromatic rings. The first-order valence-corrected chi connectivity index (χ1v) is 14.9. The minimum atomic E-state index is -1.28. The van der Waals surface area contributed by atoms with Gasteiger partial charge in [-0.1, -0.05) is 60.7 Å². The summed E-state index contributed by atoms with van der Waals surface area (Å²) >= 11 is 1.53. The summed E-state index contributed by atoms with van der Waals surface area (Å²) in [6.45, 7) is 3.29. The average Bonchev–Trinajstić information content (AvgIpc) is 2.99. The molecule has 0 aromatic heterocycles. The van der Waals surface area contributed by atoms with E-state index in [1.54, 1.807) is 13.2 Å². The maximum Gasteiger partial charge on any atom is 1.00 e. The molecule has 4 rings (SSSR count). The molecule has 1 atom stereocenters. The fourth-order valence-electron chi connectivity index (χ4n) is 4.76. The van der Waals surface area contributed by atoms with Crippen LogP contribution >= 0.6 is 11.8 Å². The molecular weight excluding hydrogens is 539 g/mol. The van der Waals surface area contributed by atoms with Crippen molar-refractivity contribution in [2.75, 3.05) is 24.0 Å². The summed E-state index contributed by atoms with van der Waals surface area (Å²) in [6, 6.07) is 30.9. The second-order valence-corrected chi connectivity index (χ2v) is 10.8. The third-order valence-corrected chi connectivity index (χ3v) is 7.64. The summed E-state index contributed by atoms with van der Waals surface area (Å²) in [5.74, 6) is -0.292. The Morgan fingerprint density at radius 3 is 2.17 bits per heavy atom. The summed E-state index contributed by atoms with van der Waals surface area (Å²) < 4.78 is 5.32. The molecule has 0 saturated heterocycles. The summed E-state index contributed by atoms with van der Waals surface area (Å²) in [5, 5.41) is 14.4. The van der Waals surface area contributed by atoms with Gasteiger partial charge in [-0.25, -0.2) is 0 Å². The van der Waals surface area contributed by atoms with Crippen LogP contribution in [0.1, 0.15) is 33.5 Å². The van der Waals surface area contributed by atoms with Crippen molar-refractivity contribution in [3.63, 3.8) is 0 Å². The number of rotatable bonds is 13. The molecule has 0 bridgehead atoms. The molecule has 1 amide bonds. The minimum Gasteiger partial charge on any atom is -0.548 e. The summed E-state index contributed by atoms with van der Waals surface area (Å²) in [7, 11) is 1.66. The largest absolute Gasteiger partial charge is 1.00 e. The van der Waals surface area contributed by atoms with Crippen LogP contribution in [0.5, 0.6) is 5.75 Å². The van der Waals surface area contributed by atoms with E-state index in [0.29, 0.717) is 30.8 Å². The number of benzene rings is 4. The van der Waals surface area contributed by atoms with Gasteiger partial charge in [0.2, 0.25) is 0 Å². The quantitative estimate of drug-likeness (QED) is 0.247. The molecule has 0 aliphatic heterocycles. The second-order valence-electron chi connectivity index (χ2n) is 9.86. The van der Waals surface area contributed by atoms with Crippen LogP contribution < -0.4 is 38.9 Å². The van der Waals surface area contributed by atoms with Gasteiger partial charge in [-0.05, 0) is 89.6 Å². The van der Waals surface area contributed by atoms with Crippen molar-refractivity contribution in [1.29, 1.82) is 0 Å². The van der Waals surface area contributed by atoms with Gasteiger partial charge < -0.3 is 24.9 Å². The number of carboxylic acids is 1. The van der Waals surface area contributed by atoms with E-state index in [1.807, 2.05) is 79.9 Å². The maximum absolute atomic E-state index is 13.4. The normalized spacial score (nSPS) is 11.2. The second kappa shape index (κ2) is 16.1. The van der Waals surface area contributed by atoms with E-state index < -0.39 is 17.9 Å². The first-order chi connectivity index (χ1) is 19.9. The molecule has 0 heterocycles. The molecule has 6 nitrogen and oxygen atoms in total. The van der Waals surface area contributed by atoms with E-state index in [2.05, 4.69) is 34.5 Å². The van der Waals surface area contributed by atoms with Crippen molar-refractivity contribution in [2.45, 2.75) is 32.5 Å². The van der Waals surface area contributed by atoms with Crippen molar-refractivity contribution in [3.8, 4) is 16.9 Å². The number of carbonyl (C=O) groups excluding carboxylic acids is 2. The van der Waals surface area contributed by atoms with Gasteiger partial charge in [0.1, 0.15) is 5.75 Å². The fourth-order valence-corrected chi connectivity index (χ4v) is 5.23. The summed E-state index contributed by atoms with van der Waals surface area (Å²) in [5.41, 5.74) is 6.38. The smallest absolute Gasteiger partial charge is 0.548 e. The van der Waals surface area contributed by atoms with Crippen LogP contribution in [0, 0.1) is 6.92 Å². The summed E-state index contributed by atoms with van der Waals surface area (Å²) in [6.07, 6.45) is 2.20. The first-order valence-electron chi connectivity index (χ1n) is 13.5. The van der Waals surface area contributed by atoms with Crippen LogP contribution in [0.3, 0.4) is 0 Å². The zero-order valence-corrected chi connectivity index (χ0v) is 25.4. The van der Waals surface area contributed by atoms with Gasteiger partial charge in [-0.3, -0.25) is 4.79 Å². The standard InChI is InChI=1S/C34H36N2O4S.Li/c1-24-9-7-8-12-29(24)31-21-26(15-18-30(31)33(37)35-32(34(38)39)19-20-41-3)23-36(27-10-5-4-6-11-27)22-25-13-16-28(40-2)17-14-25;/h4-18,21,32H,19-20,22-23H2,1-3H3,(H,35,37)(H,38,39);/q;+1/p-1/t32-;/m0./s1. The molecule has 0 aliphatic carbocycles. The number of hydrogen-bond acceptors (Lipinski definition) is 6. The van der Waals surface area contributed by atoms with Crippen molar-refractivity contribution in [3.05, 3.63) is 119 Å². The van der Waals surface area contributed by atoms with Gasteiger partial charge >= 0.3 is 18.9 Å². The Morgan fingerprint density at radius 1 is 0.881 bits per heavy atom. The molecule has 212 valence electrons. The van der Waals surface area contributed by atoms with E-state index in [9.17, 15) is 14.7 Å². The van der Waals surface area contributed by atoms with Crippen LogP contribution in [-0.4, -0.2) is 37.0 Å². The van der Waals surface area contributed by atoms with E-state index >= 15 is 0 Å². The van der Waals surface area contributed by atoms with Gasteiger partial charge in [0.15, 0.2) is 0 Å². The Morgan fingerprint density at radius 2 is 1.52 bits per heavy atom. The van der Waals surface area contributed by atoms with Crippen molar-refractivity contribution >= 4 is 29.3 Å². The van der Waals surface area contributed by atoms with E-state index in [4.69, 9.17) is 4.74 Å². The number of aliphatic carboxylic acids is 1. The Labute approximate surface area is 264 Å². The number of nitrogens with zero attached hydrogens (tertiary/aromatic N) is 1. The molecule has 0 aliphatic rings. The zero-order valence-electron chi connectivity index (χ0n) is 24.6. The number of hydrogen-bond donors (Lipinski definition) is 1. The molecular formula is C34H35LiN2O4S. The van der Waals surface area contributed by atoms with Crippen LogP contribution in [0.25, 0.3) is 11.1 Å². The van der Waals surface area contributed by atoms with Crippen molar-refractivity contribution in [2.24, 2.45) is 0 Å². The van der Waals surface area contributed by atoms with Crippen LogP contribution in [0.4, 0.5) is 5.69 Å². The molecule has 1 N–H and O–H groups in total. The third kappa shape index (κ3) is 8.69. The van der Waals surface area contributed by atoms with E-state index in [-0.39, 0.29) is 18.9 Å². The molecule has 4 aromatic carbocycles. The summed E-state index contributed by atoms with van der Waals surface area (Å²) in [4.78, 5) is 27.5. The predicted molar refractivity (Wildman–Crippen MR) is 165 cm³/mol. The number of amides is 1. The van der Waals surface area contributed by atoms with Gasteiger partial charge in [-0.2, -0.15) is 11.8 Å². The number of carboxylic acid groups (broad SMARTS) is 1.